The molecule has 1 aliphatic rings. The maximum Gasteiger partial charge on any atom is 0.317 e. The molecule has 1 heterocycles. The molecule has 5 nitrogen and oxygen atoms in total. The Hall–Kier alpha value is -1.08. The van der Waals surface area contributed by atoms with E-state index in [9.17, 15) is 13.2 Å². The topological polar surface area (TPSA) is 66.5 Å². The Morgan fingerprint density at radius 3 is 2.68 bits per heavy atom. The normalized spacial score (nSPS) is 23.8. The van der Waals surface area contributed by atoms with Crippen LogP contribution in [-0.4, -0.2) is 43.9 Å². The van der Waals surface area contributed by atoms with Crippen LogP contribution in [0.3, 0.4) is 0 Å². The van der Waals surface area contributed by atoms with Crippen molar-refractivity contribution in [1.29, 1.82) is 0 Å². The highest BCUT2D eigenvalue weighted by Crippen LogP contribution is 2.26. The summed E-state index contributed by atoms with van der Waals surface area (Å²) in [5.41, 5.74) is 0. The molecular weight excluding hydrogens is 320 g/mol. The van der Waals surface area contributed by atoms with Crippen LogP contribution in [0.1, 0.15) is 43.5 Å². The summed E-state index contributed by atoms with van der Waals surface area (Å²) in [5.74, 6) is 0. The summed E-state index contributed by atoms with van der Waals surface area (Å²) in [5, 5.41) is 4.45. The van der Waals surface area contributed by atoms with Crippen LogP contribution in [0.2, 0.25) is 0 Å². The Bertz CT molecular complexity index is 598. The molecular formula is C15H24N2O3S2. The van der Waals surface area contributed by atoms with Gasteiger partial charge < -0.3 is 10.2 Å². The van der Waals surface area contributed by atoms with E-state index in [2.05, 4.69) is 5.32 Å². The predicted octanol–water partition coefficient (Wildman–Crippen LogP) is 2.81. The van der Waals surface area contributed by atoms with Crippen LogP contribution in [0, 0.1) is 0 Å². The monoisotopic (exact) mass is 344 g/mol. The molecule has 1 fully saturated rings. The molecule has 0 radical (unpaired) electrons. The second kappa shape index (κ2) is 7.00. The average molecular weight is 345 g/mol. The number of hydrogen-bond donors (Lipinski definition) is 1. The molecule has 1 aromatic heterocycles. The van der Waals surface area contributed by atoms with Crippen LogP contribution < -0.4 is 5.32 Å². The maximum atomic E-state index is 12.4. The van der Waals surface area contributed by atoms with Gasteiger partial charge in [0.25, 0.3) is 0 Å². The maximum absolute atomic E-state index is 12.4. The van der Waals surface area contributed by atoms with Gasteiger partial charge in [-0.2, -0.15) is 0 Å². The first kappa shape index (κ1) is 17.3. The number of amides is 2. The summed E-state index contributed by atoms with van der Waals surface area (Å²) < 4.78 is 23.8. The van der Waals surface area contributed by atoms with Gasteiger partial charge in [-0.05, 0) is 31.2 Å². The number of nitrogens with one attached hydrogen (secondary N) is 1. The molecule has 7 heteroatoms. The van der Waals surface area contributed by atoms with Crippen LogP contribution in [0.4, 0.5) is 4.79 Å². The largest absolute Gasteiger partial charge is 0.334 e. The van der Waals surface area contributed by atoms with Crippen molar-refractivity contribution in [3.05, 3.63) is 22.4 Å². The van der Waals surface area contributed by atoms with E-state index in [1.807, 2.05) is 24.4 Å². The lowest BCUT2D eigenvalue weighted by atomic mass is 9.95. The number of carbonyl (C=O) groups excluding carboxylic acids is 1. The van der Waals surface area contributed by atoms with Gasteiger partial charge in [0, 0.05) is 24.2 Å². The lowest BCUT2D eigenvalue weighted by molar-refractivity contribution is 0.187. The van der Waals surface area contributed by atoms with E-state index in [1.54, 1.807) is 23.3 Å². The molecule has 0 aromatic carbocycles. The molecule has 3 atom stereocenters. The molecule has 1 N–H and O–H groups in total. The number of thiophene rings is 1. The van der Waals surface area contributed by atoms with Crippen LogP contribution in [0.25, 0.3) is 0 Å². The van der Waals surface area contributed by atoms with Crippen molar-refractivity contribution in [3.63, 3.8) is 0 Å². The summed E-state index contributed by atoms with van der Waals surface area (Å²) in [7, 11) is -1.39. The van der Waals surface area contributed by atoms with Gasteiger partial charge in [-0.3, -0.25) is 0 Å². The minimum absolute atomic E-state index is 0.0275. The fourth-order valence-corrected chi connectivity index (χ4v) is 5.15. The van der Waals surface area contributed by atoms with Crippen LogP contribution in [-0.2, 0) is 9.84 Å². The number of urea groups is 1. The van der Waals surface area contributed by atoms with Crippen LogP contribution in [0.15, 0.2) is 17.5 Å². The third-order valence-electron chi connectivity index (χ3n) is 4.42. The molecule has 0 saturated heterocycles. The molecule has 0 spiro atoms. The highest BCUT2D eigenvalue weighted by molar-refractivity contribution is 7.91. The zero-order valence-corrected chi connectivity index (χ0v) is 14.9. The number of carbonyl (C=O) groups is 1. The number of rotatable bonds is 4. The van der Waals surface area contributed by atoms with Gasteiger partial charge in [0.15, 0.2) is 9.84 Å². The molecule has 0 aliphatic heterocycles. The first-order valence-corrected chi connectivity index (χ1v) is 10.4. The van der Waals surface area contributed by atoms with E-state index in [0.29, 0.717) is 6.42 Å². The number of hydrogen-bond acceptors (Lipinski definition) is 4. The lowest BCUT2D eigenvalue weighted by Crippen LogP contribution is -2.51. The SMILES string of the molecule is CC(c1cccs1)N(C)C(=O)N[C@@H]1CCCC[C@H]1S(C)(=O)=O. The third kappa shape index (κ3) is 4.01. The molecule has 1 aliphatic carbocycles. The Balaban J connectivity index is 2.03. The molecule has 2 amide bonds. The quantitative estimate of drug-likeness (QED) is 0.913. The lowest BCUT2D eigenvalue weighted by Gasteiger charge is -2.33. The summed E-state index contributed by atoms with van der Waals surface area (Å²) in [6, 6.07) is 3.44. The molecule has 1 saturated carbocycles. The summed E-state index contributed by atoms with van der Waals surface area (Å²) >= 11 is 1.61. The van der Waals surface area contributed by atoms with E-state index in [0.717, 1.165) is 24.1 Å². The first-order valence-electron chi connectivity index (χ1n) is 7.56. The Morgan fingerprint density at radius 1 is 1.41 bits per heavy atom. The number of nitrogens with zero attached hydrogens (tertiary/aromatic N) is 1. The van der Waals surface area contributed by atoms with Crippen LogP contribution >= 0.6 is 11.3 Å². The van der Waals surface area contributed by atoms with E-state index in [4.69, 9.17) is 0 Å². The second-order valence-electron chi connectivity index (χ2n) is 6.01. The van der Waals surface area contributed by atoms with Gasteiger partial charge in [-0.25, -0.2) is 13.2 Å². The second-order valence-corrected chi connectivity index (χ2v) is 9.25. The summed E-state index contributed by atoms with van der Waals surface area (Å²) in [4.78, 5) is 15.2. The number of sulfone groups is 1. The summed E-state index contributed by atoms with van der Waals surface area (Å²) in [6.45, 7) is 1.97. The Kier molecular flexibility index (Phi) is 5.50. The standard InChI is InChI=1S/C15H24N2O3S2/c1-11(13-8-6-10-21-13)17(2)15(18)16-12-7-4-5-9-14(12)22(3,19)20/h6,8,10-12,14H,4-5,7,9H2,1-3H3,(H,16,18)/t11?,12-,14-/m1/s1. The predicted molar refractivity (Wildman–Crippen MR) is 89.9 cm³/mol. The molecule has 2 rings (SSSR count). The van der Waals surface area contributed by atoms with E-state index in [-0.39, 0.29) is 18.1 Å². The van der Waals surface area contributed by atoms with E-state index < -0.39 is 15.1 Å². The van der Waals surface area contributed by atoms with Crippen molar-refractivity contribution in [3.8, 4) is 0 Å². The molecule has 124 valence electrons. The first-order chi connectivity index (χ1) is 10.3. The van der Waals surface area contributed by atoms with Crippen molar-refractivity contribution >= 4 is 27.2 Å². The van der Waals surface area contributed by atoms with Gasteiger partial charge in [-0.15, -0.1) is 11.3 Å². The van der Waals surface area contributed by atoms with Crippen molar-refractivity contribution < 1.29 is 13.2 Å². The highest BCUT2D eigenvalue weighted by Gasteiger charge is 2.34. The van der Waals surface area contributed by atoms with E-state index in [1.165, 1.54) is 6.26 Å². The third-order valence-corrected chi connectivity index (χ3v) is 7.12. The minimum Gasteiger partial charge on any atom is -0.334 e. The van der Waals surface area contributed by atoms with Gasteiger partial charge in [0.05, 0.1) is 11.3 Å². The van der Waals surface area contributed by atoms with Gasteiger partial charge in [0.2, 0.25) is 0 Å². The van der Waals surface area contributed by atoms with Gasteiger partial charge in [0.1, 0.15) is 0 Å². The Morgan fingerprint density at radius 2 is 2.09 bits per heavy atom. The zero-order valence-electron chi connectivity index (χ0n) is 13.3. The minimum atomic E-state index is -3.14. The molecule has 22 heavy (non-hydrogen) atoms. The fraction of sp³-hybridized carbons (Fsp3) is 0.667. The summed E-state index contributed by atoms with van der Waals surface area (Å²) in [6.07, 6.45) is 4.49. The van der Waals surface area contributed by atoms with Crippen molar-refractivity contribution in [2.45, 2.75) is 49.9 Å². The van der Waals surface area contributed by atoms with Gasteiger partial charge in [-0.1, -0.05) is 18.9 Å². The van der Waals surface area contributed by atoms with Crippen molar-refractivity contribution in [1.82, 2.24) is 10.2 Å². The van der Waals surface area contributed by atoms with Crippen molar-refractivity contribution in [2.75, 3.05) is 13.3 Å². The molecule has 1 aromatic rings. The highest BCUT2D eigenvalue weighted by atomic mass is 32.2. The average Bonchev–Trinajstić information content (AvgIpc) is 2.99. The van der Waals surface area contributed by atoms with Gasteiger partial charge >= 0.3 is 6.03 Å². The zero-order chi connectivity index (χ0) is 16.3. The van der Waals surface area contributed by atoms with Crippen LogP contribution in [0.5, 0.6) is 0 Å². The molecule has 0 bridgehead atoms. The smallest absolute Gasteiger partial charge is 0.317 e. The fourth-order valence-electron chi connectivity index (χ4n) is 2.93. The van der Waals surface area contributed by atoms with Crippen molar-refractivity contribution in [2.24, 2.45) is 0 Å². The van der Waals surface area contributed by atoms with E-state index >= 15 is 0 Å². The molecule has 1 unspecified atom stereocenters. The Labute approximate surface area is 136 Å².